The molecule has 0 atom stereocenters. The zero-order chi connectivity index (χ0) is 19.5. The van der Waals surface area contributed by atoms with Gasteiger partial charge in [-0.05, 0) is 50.7 Å². The number of rotatable bonds is 5. The van der Waals surface area contributed by atoms with Crippen LogP contribution in [0.4, 0.5) is 0 Å². The monoisotopic (exact) mass is 443 g/mol. The van der Waals surface area contributed by atoms with Gasteiger partial charge < -0.3 is 5.32 Å². The molecule has 1 heterocycles. The van der Waals surface area contributed by atoms with Gasteiger partial charge in [-0.15, -0.1) is 0 Å². The van der Waals surface area contributed by atoms with Crippen molar-refractivity contribution in [2.24, 2.45) is 0 Å². The number of benzene rings is 1. The first-order valence-electron chi connectivity index (χ1n) is 10.3. The van der Waals surface area contributed by atoms with E-state index in [1.165, 1.54) is 25.0 Å². The second-order valence-corrected chi connectivity index (χ2v) is 8.75. The molecule has 1 amide bonds. The highest BCUT2D eigenvalue weighted by Gasteiger charge is 2.28. The first kappa shape index (κ1) is 19.4. The van der Waals surface area contributed by atoms with Crippen LogP contribution >= 0.6 is 15.9 Å². The van der Waals surface area contributed by atoms with E-state index < -0.39 is 0 Å². The molecule has 2 aliphatic carbocycles. The topological polar surface area (TPSA) is 64.0 Å². The smallest absolute Gasteiger partial charge is 0.272 e. The Morgan fingerprint density at radius 1 is 1.04 bits per heavy atom. The van der Waals surface area contributed by atoms with Crippen LogP contribution in [0.25, 0.3) is 0 Å². The van der Waals surface area contributed by atoms with Crippen LogP contribution in [0.1, 0.15) is 83.1 Å². The molecule has 0 bridgehead atoms. The van der Waals surface area contributed by atoms with E-state index in [1.54, 1.807) is 12.1 Å². The maximum atomic E-state index is 12.9. The van der Waals surface area contributed by atoms with E-state index in [9.17, 15) is 9.59 Å². The van der Waals surface area contributed by atoms with Gasteiger partial charge in [-0.1, -0.05) is 47.3 Å². The highest BCUT2D eigenvalue weighted by Crippen LogP contribution is 2.33. The summed E-state index contributed by atoms with van der Waals surface area (Å²) >= 11 is 3.37. The highest BCUT2D eigenvalue weighted by molar-refractivity contribution is 9.10. The zero-order valence-corrected chi connectivity index (χ0v) is 17.6. The second-order valence-electron chi connectivity index (χ2n) is 7.83. The van der Waals surface area contributed by atoms with Crippen molar-refractivity contribution in [1.29, 1.82) is 0 Å². The van der Waals surface area contributed by atoms with Gasteiger partial charge in [-0.3, -0.25) is 14.3 Å². The molecule has 2 aromatic rings. The molecule has 2 aliphatic rings. The average molecular weight is 444 g/mol. The van der Waals surface area contributed by atoms with Crippen LogP contribution in [-0.4, -0.2) is 28.0 Å². The Morgan fingerprint density at radius 3 is 2.50 bits per heavy atom. The first-order chi connectivity index (χ1) is 13.6. The number of aromatic nitrogens is 2. The standard InChI is InChI=1S/C22H26BrN3O2/c23-16-12-10-15(11-13-16)20(27)14-24-22(28)21-18-8-4-5-9-19(18)26(25-21)17-6-2-1-3-7-17/h10-13,17H,1-9,14H2,(H,24,28). The van der Waals surface area contributed by atoms with Crippen molar-refractivity contribution >= 4 is 27.6 Å². The molecule has 28 heavy (non-hydrogen) atoms. The van der Waals surface area contributed by atoms with E-state index in [2.05, 4.69) is 25.9 Å². The van der Waals surface area contributed by atoms with Crippen molar-refractivity contribution in [3.63, 3.8) is 0 Å². The molecule has 0 saturated heterocycles. The van der Waals surface area contributed by atoms with Gasteiger partial charge in [0.25, 0.3) is 5.91 Å². The summed E-state index contributed by atoms with van der Waals surface area (Å²) in [5.74, 6) is -0.320. The number of amides is 1. The maximum Gasteiger partial charge on any atom is 0.272 e. The predicted molar refractivity (Wildman–Crippen MR) is 112 cm³/mol. The number of Topliss-reactive ketones (excluding diaryl/α,β-unsaturated/α-hetero) is 1. The summed E-state index contributed by atoms with van der Waals surface area (Å²) in [7, 11) is 0. The largest absolute Gasteiger partial charge is 0.343 e. The summed E-state index contributed by atoms with van der Waals surface area (Å²) in [6, 6.07) is 7.61. The Bertz CT molecular complexity index is 867. The lowest BCUT2D eigenvalue weighted by Crippen LogP contribution is -2.30. The summed E-state index contributed by atoms with van der Waals surface area (Å²) in [4.78, 5) is 25.2. The summed E-state index contributed by atoms with van der Waals surface area (Å²) in [5.41, 5.74) is 3.48. The Morgan fingerprint density at radius 2 is 1.75 bits per heavy atom. The lowest BCUT2D eigenvalue weighted by molar-refractivity contribution is 0.0899. The summed E-state index contributed by atoms with van der Waals surface area (Å²) in [6.45, 7) is -0.00841. The van der Waals surface area contributed by atoms with Gasteiger partial charge in [0.2, 0.25) is 0 Å². The van der Waals surface area contributed by atoms with Crippen LogP contribution in [0.15, 0.2) is 28.7 Å². The number of nitrogens with zero attached hydrogens (tertiary/aromatic N) is 2. The zero-order valence-electron chi connectivity index (χ0n) is 16.0. The fourth-order valence-corrected chi connectivity index (χ4v) is 4.68. The van der Waals surface area contributed by atoms with Gasteiger partial charge in [-0.25, -0.2) is 0 Å². The van der Waals surface area contributed by atoms with Gasteiger partial charge in [0.05, 0.1) is 12.6 Å². The third kappa shape index (κ3) is 4.07. The minimum Gasteiger partial charge on any atom is -0.343 e. The van der Waals surface area contributed by atoms with Crippen LogP contribution < -0.4 is 5.32 Å². The van der Waals surface area contributed by atoms with Crippen molar-refractivity contribution in [3.05, 3.63) is 51.3 Å². The van der Waals surface area contributed by atoms with Gasteiger partial charge in [0.15, 0.2) is 11.5 Å². The van der Waals surface area contributed by atoms with Crippen LogP contribution in [0, 0.1) is 0 Å². The predicted octanol–water partition coefficient (Wildman–Crippen LogP) is 4.64. The molecule has 0 radical (unpaired) electrons. The third-order valence-electron chi connectivity index (χ3n) is 5.92. The van der Waals surface area contributed by atoms with E-state index in [4.69, 9.17) is 5.10 Å². The molecule has 1 N–H and O–H groups in total. The Kier molecular flexibility index (Phi) is 5.95. The minimum atomic E-state index is -0.224. The SMILES string of the molecule is O=C(CNC(=O)c1nn(C2CCCCC2)c2c1CCCC2)c1ccc(Br)cc1. The third-order valence-corrected chi connectivity index (χ3v) is 6.45. The van der Waals surface area contributed by atoms with Crippen molar-refractivity contribution in [2.45, 2.75) is 63.8 Å². The molecule has 6 heteroatoms. The lowest BCUT2D eigenvalue weighted by Gasteiger charge is -2.25. The molecule has 148 valence electrons. The van der Waals surface area contributed by atoms with E-state index >= 15 is 0 Å². The van der Waals surface area contributed by atoms with E-state index in [1.807, 2.05) is 12.1 Å². The number of hydrogen-bond donors (Lipinski definition) is 1. The molecule has 0 unspecified atom stereocenters. The second kappa shape index (κ2) is 8.60. The van der Waals surface area contributed by atoms with Gasteiger partial charge in [0.1, 0.15) is 0 Å². The molecule has 1 fully saturated rings. The van der Waals surface area contributed by atoms with Crippen LogP contribution in [0.5, 0.6) is 0 Å². The number of carbonyl (C=O) groups excluding carboxylic acids is 2. The molecule has 0 aliphatic heterocycles. The maximum absolute atomic E-state index is 12.9. The molecule has 1 aromatic heterocycles. The van der Waals surface area contributed by atoms with E-state index in [-0.39, 0.29) is 18.2 Å². The fourth-order valence-electron chi connectivity index (χ4n) is 4.42. The molecule has 1 aromatic carbocycles. The van der Waals surface area contributed by atoms with Crippen molar-refractivity contribution in [2.75, 3.05) is 6.54 Å². The number of carbonyl (C=O) groups is 2. The Hall–Kier alpha value is -1.95. The minimum absolute atomic E-state index is 0.00841. The van der Waals surface area contributed by atoms with Crippen molar-refractivity contribution < 1.29 is 9.59 Å². The first-order valence-corrected chi connectivity index (χ1v) is 11.1. The van der Waals surface area contributed by atoms with E-state index in [0.717, 1.165) is 48.6 Å². The van der Waals surface area contributed by atoms with Crippen LogP contribution in [0.3, 0.4) is 0 Å². The molecule has 1 saturated carbocycles. The molecule has 5 nitrogen and oxygen atoms in total. The number of hydrogen-bond acceptors (Lipinski definition) is 3. The lowest BCUT2D eigenvalue weighted by atomic mass is 9.92. The Balaban J connectivity index is 1.50. The normalized spacial score (nSPS) is 17.2. The quantitative estimate of drug-likeness (QED) is 0.684. The molecular weight excluding hydrogens is 418 g/mol. The molecule has 4 rings (SSSR count). The van der Waals surface area contributed by atoms with Crippen LogP contribution in [0.2, 0.25) is 0 Å². The highest BCUT2D eigenvalue weighted by atomic mass is 79.9. The summed E-state index contributed by atoms with van der Waals surface area (Å²) in [5, 5.41) is 7.57. The summed E-state index contributed by atoms with van der Waals surface area (Å²) in [6.07, 6.45) is 10.2. The fraction of sp³-hybridized carbons (Fsp3) is 0.500. The van der Waals surface area contributed by atoms with Gasteiger partial charge >= 0.3 is 0 Å². The molecule has 0 spiro atoms. The molecular formula is C22H26BrN3O2. The van der Waals surface area contributed by atoms with Crippen molar-refractivity contribution in [3.8, 4) is 0 Å². The van der Waals surface area contributed by atoms with Crippen LogP contribution in [-0.2, 0) is 12.8 Å². The number of nitrogens with one attached hydrogen (secondary N) is 1. The average Bonchev–Trinajstić information content (AvgIpc) is 3.13. The Labute approximate surface area is 174 Å². The number of fused-ring (bicyclic) bond motifs is 1. The number of halogens is 1. The van der Waals surface area contributed by atoms with Gasteiger partial charge in [0, 0.05) is 21.3 Å². The van der Waals surface area contributed by atoms with Gasteiger partial charge in [-0.2, -0.15) is 5.10 Å². The number of ketones is 1. The van der Waals surface area contributed by atoms with E-state index in [0.29, 0.717) is 17.3 Å². The van der Waals surface area contributed by atoms with Crippen molar-refractivity contribution in [1.82, 2.24) is 15.1 Å². The summed E-state index contributed by atoms with van der Waals surface area (Å²) < 4.78 is 3.08.